The number of carbonyl (C=O) groups is 1. The summed E-state index contributed by atoms with van der Waals surface area (Å²) in [5.74, 6) is 0.888. The molecule has 1 saturated heterocycles. The average Bonchev–Trinajstić information content (AvgIpc) is 2.91. The van der Waals surface area contributed by atoms with Gasteiger partial charge >= 0.3 is 0 Å². The molecule has 0 aromatic heterocycles. The van der Waals surface area contributed by atoms with Gasteiger partial charge in [-0.3, -0.25) is 4.79 Å². The molecule has 0 aliphatic carbocycles. The van der Waals surface area contributed by atoms with Crippen LogP contribution in [0.1, 0.15) is 47.5 Å². The number of methoxy groups -OCH3 is 1. The lowest BCUT2D eigenvalue weighted by atomic mass is 9.89. The lowest BCUT2D eigenvalue weighted by Crippen LogP contribution is -2.48. The van der Waals surface area contributed by atoms with E-state index >= 15 is 0 Å². The van der Waals surface area contributed by atoms with Gasteiger partial charge in [-0.25, -0.2) is 0 Å². The number of likely N-dealkylation sites (N-methyl/N-ethyl adjacent to an activating group) is 1. The third-order valence-electron chi connectivity index (χ3n) is 5.66. The third kappa shape index (κ3) is 4.53. The largest absolute Gasteiger partial charge is 0.497 e. The molecule has 1 aliphatic rings. The highest BCUT2D eigenvalue weighted by Crippen LogP contribution is 2.27. The maximum absolute atomic E-state index is 13.4. The smallest absolute Gasteiger partial charge is 0.175 e. The molecule has 0 N–H and O–H groups in total. The van der Waals surface area contributed by atoms with E-state index < -0.39 is 0 Å². The first-order valence-electron chi connectivity index (χ1n) is 9.68. The molecule has 3 rings (SSSR count). The average molecular weight is 352 g/mol. The second-order valence-electron chi connectivity index (χ2n) is 7.72. The van der Waals surface area contributed by atoms with Crippen LogP contribution in [0.25, 0.3) is 0 Å². The molecule has 0 radical (unpaired) electrons. The predicted molar refractivity (Wildman–Crippen MR) is 106 cm³/mol. The number of hydrogen-bond donors (Lipinski definition) is 0. The van der Waals surface area contributed by atoms with E-state index in [-0.39, 0.29) is 11.7 Å². The molecule has 1 fully saturated rings. The molecule has 1 atom stereocenters. The van der Waals surface area contributed by atoms with Crippen LogP contribution < -0.4 is 4.74 Å². The van der Waals surface area contributed by atoms with Crippen molar-refractivity contribution in [2.45, 2.75) is 31.6 Å². The number of quaternary nitrogens is 1. The Morgan fingerprint density at radius 2 is 1.58 bits per heavy atom. The summed E-state index contributed by atoms with van der Waals surface area (Å²) in [5.41, 5.74) is 1.89. The molecule has 2 aromatic carbocycles. The molecule has 0 spiro atoms. The summed E-state index contributed by atoms with van der Waals surface area (Å²) in [7, 11) is 3.97. The number of carbonyl (C=O) groups excluding carboxylic acids is 1. The molecule has 26 heavy (non-hydrogen) atoms. The van der Waals surface area contributed by atoms with E-state index in [0.29, 0.717) is 0 Å². The summed E-state index contributed by atoms with van der Waals surface area (Å²) in [4.78, 5) is 13.4. The molecular weight excluding hydrogens is 322 g/mol. The standard InChI is InChI=1S/C23H30NO2/c1-24(16-8-3-4-9-17-24)18-22(19-10-6-5-7-11-19)23(25)20-12-14-21(26-2)15-13-20/h5-7,10-15,22H,3-4,8-9,16-18H2,1-2H3/q+1/t22-/m1/s1. The highest BCUT2D eigenvalue weighted by Gasteiger charge is 2.32. The van der Waals surface area contributed by atoms with Crippen molar-refractivity contribution in [2.75, 3.05) is 33.8 Å². The van der Waals surface area contributed by atoms with E-state index in [9.17, 15) is 4.79 Å². The Labute approximate surface area is 157 Å². The number of ether oxygens (including phenoxy) is 1. The number of benzene rings is 2. The molecule has 0 unspecified atom stereocenters. The summed E-state index contributed by atoms with van der Waals surface area (Å²) in [6.07, 6.45) is 5.15. The summed E-state index contributed by atoms with van der Waals surface area (Å²) in [6, 6.07) is 17.8. The number of ketones is 1. The van der Waals surface area contributed by atoms with Crippen molar-refractivity contribution in [3.8, 4) is 5.75 Å². The quantitative estimate of drug-likeness (QED) is 0.557. The van der Waals surface area contributed by atoms with Gasteiger partial charge in [0.2, 0.25) is 0 Å². The van der Waals surface area contributed by atoms with Crippen molar-refractivity contribution in [1.82, 2.24) is 0 Å². The Bertz CT molecular complexity index is 701. The number of Topliss-reactive ketones (excluding diaryl/α,β-unsaturated/α-hetero) is 1. The topological polar surface area (TPSA) is 26.3 Å². The lowest BCUT2D eigenvalue weighted by molar-refractivity contribution is -0.909. The van der Waals surface area contributed by atoms with Gasteiger partial charge < -0.3 is 9.22 Å². The van der Waals surface area contributed by atoms with Crippen molar-refractivity contribution in [3.63, 3.8) is 0 Å². The number of likely N-dealkylation sites (tertiary alicyclic amines) is 1. The van der Waals surface area contributed by atoms with E-state index in [2.05, 4.69) is 19.2 Å². The molecule has 0 amide bonds. The molecule has 3 nitrogen and oxygen atoms in total. The summed E-state index contributed by atoms with van der Waals surface area (Å²) < 4.78 is 6.22. The zero-order valence-electron chi connectivity index (χ0n) is 16.0. The van der Waals surface area contributed by atoms with E-state index in [1.165, 1.54) is 38.8 Å². The molecule has 1 aliphatic heterocycles. The number of nitrogens with zero attached hydrogens (tertiary/aromatic N) is 1. The van der Waals surface area contributed by atoms with Gasteiger partial charge in [0, 0.05) is 5.56 Å². The van der Waals surface area contributed by atoms with Gasteiger partial charge in [-0.15, -0.1) is 0 Å². The third-order valence-corrected chi connectivity index (χ3v) is 5.66. The van der Waals surface area contributed by atoms with Gasteiger partial charge in [0.15, 0.2) is 5.78 Å². The fourth-order valence-corrected chi connectivity index (χ4v) is 4.06. The minimum Gasteiger partial charge on any atom is -0.497 e. The summed E-state index contributed by atoms with van der Waals surface area (Å²) >= 11 is 0. The zero-order valence-corrected chi connectivity index (χ0v) is 16.0. The fourth-order valence-electron chi connectivity index (χ4n) is 4.06. The maximum atomic E-state index is 13.4. The van der Waals surface area contributed by atoms with Crippen LogP contribution in [0, 0.1) is 0 Å². The van der Waals surface area contributed by atoms with Crippen LogP contribution in [0.15, 0.2) is 54.6 Å². The van der Waals surface area contributed by atoms with Crippen LogP contribution in [-0.2, 0) is 0 Å². The van der Waals surface area contributed by atoms with Crippen LogP contribution in [0.2, 0.25) is 0 Å². The normalized spacial score (nSPS) is 17.9. The van der Waals surface area contributed by atoms with Crippen LogP contribution in [0.4, 0.5) is 0 Å². The molecule has 0 bridgehead atoms. The Kier molecular flexibility index (Phi) is 6.10. The predicted octanol–water partition coefficient (Wildman–Crippen LogP) is 4.68. The first kappa shape index (κ1) is 18.7. The summed E-state index contributed by atoms with van der Waals surface area (Å²) in [5, 5.41) is 0. The van der Waals surface area contributed by atoms with E-state index in [1.54, 1.807) is 7.11 Å². The van der Waals surface area contributed by atoms with Gasteiger partial charge in [-0.2, -0.15) is 0 Å². The maximum Gasteiger partial charge on any atom is 0.175 e. The van der Waals surface area contributed by atoms with Crippen molar-refractivity contribution in [3.05, 3.63) is 65.7 Å². The Morgan fingerprint density at radius 1 is 0.962 bits per heavy atom. The van der Waals surface area contributed by atoms with Crippen molar-refractivity contribution in [1.29, 1.82) is 0 Å². The minimum atomic E-state index is -0.104. The lowest BCUT2D eigenvalue weighted by Gasteiger charge is -2.36. The van der Waals surface area contributed by atoms with Crippen LogP contribution in [0.5, 0.6) is 5.75 Å². The molecule has 2 aromatic rings. The van der Waals surface area contributed by atoms with Crippen molar-refractivity contribution >= 4 is 5.78 Å². The summed E-state index contributed by atoms with van der Waals surface area (Å²) in [6.45, 7) is 3.20. The molecule has 0 saturated carbocycles. The second-order valence-corrected chi connectivity index (χ2v) is 7.72. The minimum absolute atomic E-state index is 0.104. The second kappa shape index (κ2) is 8.50. The van der Waals surface area contributed by atoms with E-state index in [4.69, 9.17) is 4.74 Å². The van der Waals surface area contributed by atoms with Crippen LogP contribution in [-0.4, -0.2) is 44.1 Å². The van der Waals surface area contributed by atoms with Crippen LogP contribution >= 0.6 is 0 Å². The van der Waals surface area contributed by atoms with E-state index in [0.717, 1.165) is 27.9 Å². The van der Waals surface area contributed by atoms with Crippen molar-refractivity contribution < 1.29 is 14.0 Å². The first-order chi connectivity index (χ1) is 12.6. The highest BCUT2D eigenvalue weighted by molar-refractivity contribution is 6.01. The van der Waals surface area contributed by atoms with Gasteiger partial charge in [0.25, 0.3) is 0 Å². The molecule has 1 heterocycles. The monoisotopic (exact) mass is 352 g/mol. The molecule has 3 heteroatoms. The van der Waals surface area contributed by atoms with Gasteiger partial charge in [-0.05, 0) is 55.5 Å². The van der Waals surface area contributed by atoms with Gasteiger partial charge in [0.1, 0.15) is 5.75 Å². The van der Waals surface area contributed by atoms with E-state index in [1.807, 2.05) is 42.5 Å². The number of rotatable bonds is 6. The van der Waals surface area contributed by atoms with Crippen LogP contribution in [0.3, 0.4) is 0 Å². The molecule has 138 valence electrons. The first-order valence-corrected chi connectivity index (χ1v) is 9.68. The van der Waals surface area contributed by atoms with Gasteiger partial charge in [-0.1, -0.05) is 30.3 Å². The Hall–Kier alpha value is -2.13. The van der Waals surface area contributed by atoms with Crippen molar-refractivity contribution in [2.24, 2.45) is 0 Å². The zero-order chi connectivity index (χ0) is 18.4. The Morgan fingerprint density at radius 3 is 2.15 bits per heavy atom. The highest BCUT2D eigenvalue weighted by atomic mass is 16.5. The van der Waals surface area contributed by atoms with Gasteiger partial charge in [0.05, 0.1) is 39.7 Å². The fraction of sp³-hybridized carbons (Fsp3) is 0.435. The number of hydrogen-bond acceptors (Lipinski definition) is 2. The SMILES string of the molecule is COc1ccc(C(=O)[C@H](C[N+]2(C)CCCCCC2)c2ccccc2)cc1. The Balaban J connectivity index is 1.88. The molecular formula is C23H30NO2+.